The Balaban J connectivity index is 2.06. The first-order valence-corrected chi connectivity index (χ1v) is 15.6. The lowest BCUT2D eigenvalue weighted by Gasteiger charge is -2.34. The van der Waals surface area contributed by atoms with Crippen LogP contribution in [0.5, 0.6) is 5.75 Å². The van der Waals surface area contributed by atoms with Crippen molar-refractivity contribution in [2.75, 3.05) is 24.2 Å². The van der Waals surface area contributed by atoms with Crippen molar-refractivity contribution in [2.24, 2.45) is 0 Å². The Labute approximate surface area is 249 Å². The van der Waals surface area contributed by atoms with Crippen molar-refractivity contribution in [1.82, 2.24) is 10.2 Å². The molecule has 11 heteroatoms. The summed E-state index contributed by atoms with van der Waals surface area (Å²) in [4.78, 5) is 29.0. The van der Waals surface area contributed by atoms with Gasteiger partial charge in [0.25, 0.3) is 0 Å². The molecular weight excluding hydrogens is 618 g/mol. The summed E-state index contributed by atoms with van der Waals surface area (Å²) >= 11 is 9.70. The zero-order valence-corrected chi connectivity index (χ0v) is 26.0. The summed E-state index contributed by atoms with van der Waals surface area (Å²) < 4.78 is 32.8. The summed E-state index contributed by atoms with van der Waals surface area (Å²) in [5, 5.41) is 3.13. The number of benzene rings is 3. The number of halogens is 2. The molecule has 3 aromatic carbocycles. The summed E-state index contributed by atoms with van der Waals surface area (Å²) in [6, 6.07) is 20.2. The first-order valence-electron chi connectivity index (χ1n) is 12.6. The van der Waals surface area contributed by atoms with Gasteiger partial charge in [-0.05, 0) is 55.3 Å². The van der Waals surface area contributed by atoms with Crippen LogP contribution in [-0.4, -0.2) is 57.1 Å². The molecule has 1 N–H and O–H groups in total. The Hall–Kier alpha value is -3.08. The minimum Gasteiger partial charge on any atom is -0.495 e. The Bertz CT molecular complexity index is 1420. The third kappa shape index (κ3) is 8.71. The molecule has 0 spiro atoms. The van der Waals surface area contributed by atoms with E-state index >= 15 is 0 Å². The maximum atomic E-state index is 14.0. The first-order chi connectivity index (χ1) is 18.9. The van der Waals surface area contributed by atoms with Crippen LogP contribution in [0.3, 0.4) is 0 Å². The van der Waals surface area contributed by atoms with Gasteiger partial charge in [0.2, 0.25) is 21.8 Å². The van der Waals surface area contributed by atoms with E-state index in [9.17, 15) is 18.0 Å². The Morgan fingerprint density at radius 2 is 1.65 bits per heavy atom. The van der Waals surface area contributed by atoms with Crippen molar-refractivity contribution in [1.29, 1.82) is 0 Å². The summed E-state index contributed by atoms with van der Waals surface area (Å²) in [5.41, 5.74) is 1.85. The van der Waals surface area contributed by atoms with Gasteiger partial charge in [0, 0.05) is 23.5 Å². The number of nitrogens with zero attached hydrogens (tertiary/aromatic N) is 2. The predicted octanol–water partition coefficient (Wildman–Crippen LogP) is 5.04. The Morgan fingerprint density at radius 1 is 1.00 bits per heavy atom. The highest BCUT2D eigenvalue weighted by atomic mass is 79.9. The topological polar surface area (TPSA) is 96.0 Å². The van der Waals surface area contributed by atoms with Gasteiger partial charge in [0.15, 0.2) is 0 Å². The van der Waals surface area contributed by atoms with Crippen LogP contribution in [0.1, 0.15) is 25.0 Å². The molecule has 1 unspecified atom stereocenters. The normalized spacial score (nSPS) is 12.1. The van der Waals surface area contributed by atoms with E-state index in [2.05, 4.69) is 21.2 Å². The number of ether oxygens (including phenoxy) is 1. The van der Waals surface area contributed by atoms with Crippen molar-refractivity contribution >= 4 is 55.1 Å². The first kappa shape index (κ1) is 31.4. The fraction of sp³-hybridized carbons (Fsp3) is 0.310. The third-order valence-electron chi connectivity index (χ3n) is 6.07. The molecule has 3 rings (SSSR count). The van der Waals surface area contributed by atoms with E-state index < -0.39 is 28.5 Å². The van der Waals surface area contributed by atoms with Crippen LogP contribution in [0.15, 0.2) is 77.3 Å². The summed E-state index contributed by atoms with van der Waals surface area (Å²) in [6.45, 7) is 3.25. The van der Waals surface area contributed by atoms with E-state index in [1.54, 1.807) is 0 Å². The molecular formula is C29H33BrClN3O5S. The highest BCUT2D eigenvalue weighted by Crippen LogP contribution is 2.30. The Kier molecular flexibility index (Phi) is 11.0. The fourth-order valence-corrected chi connectivity index (χ4v) is 5.50. The molecule has 40 heavy (non-hydrogen) atoms. The SMILES string of the molecule is COc1ccc(N(CC(=O)N(Cc2ccc(Br)cc2)C(Cc2ccccc2)C(=O)NC(C)C)S(C)(=O)=O)cc1Cl. The van der Waals surface area contributed by atoms with E-state index in [0.29, 0.717) is 5.75 Å². The standard InChI is InChI=1S/C29H33BrClN3O5S/c1-20(2)32-29(36)26(16-21-8-6-5-7-9-21)33(18-22-10-12-23(30)13-11-22)28(35)19-34(40(4,37)38)24-14-15-27(39-3)25(31)17-24/h5-15,17,20,26H,16,18-19H2,1-4H3,(H,32,36). The van der Waals surface area contributed by atoms with E-state index in [0.717, 1.165) is 26.2 Å². The number of rotatable bonds is 12. The predicted molar refractivity (Wildman–Crippen MR) is 162 cm³/mol. The van der Waals surface area contributed by atoms with E-state index in [1.807, 2.05) is 68.4 Å². The highest BCUT2D eigenvalue weighted by Gasteiger charge is 2.33. The van der Waals surface area contributed by atoms with Gasteiger partial charge in [-0.15, -0.1) is 0 Å². The van der Waals surface area contributed by atoms with E-state index in [4.69, 9.17) is 16.3 Å². The molecule has 0 aromatic heterocycles. The number of hydrogen-bond donors (Lipinski definition) is 1. The van der Waals surface area contributed by atoms with Crippen LogP contribution in [0.4, 0.5) is 5.69 Å². The van der Waals surface area contributed by atoms with Gasteiger partial charge in [-0.2, -0.15) is 0 Å². The van der Waals surface area contributed by atoms with Gasteiger partial charge in [-0.25, -0.2) is 8.42 Å². The molecule has 0 heterocycles. The number of nitrogens with one attached hydrogen (secondary N) is 1. The lowest BCUT2D eigenvalue weighted by molar-refractivity contribution is -0.140. The molecule has 0 saturated carbocycles. The van der Waals surface area contributed by atoms with Crippen molar-refractivity contribution < 1.29 is 22.7 Å². The molecule has 0 fully saturated rings. The zero-order chi connectivity index (χ0) is 29.4. The number of sulfonamides is 1. The largest absolute Gasteiger partial charge is 0.495 e. The second kappa shape index (κ2) is 14.0. The lowest BCUT2D eigenvalue weighted by Crippen LogP contribution is -2.54. The number of anilines is 1. The molecule has 0 saturated heterocycles. The van der Waals surface area contributed by atoms with Gasteiger partial charge in [-0.1, -0.05) is 70.0 Å². The minimum absolute atomic E-state index is 0.0934. The number of hydrogen-bond acceptors (Lipinski definition) is 5. The molecule has 0 radical (unpaired) electrons. The number of amides is 2. The highest BCUT2D eigenvalue weighted by molar-refractivity contribution is 9.10. The van der Waals surface area contributed by atoms with Gasteiger partial charge in [-0.3, -0.25) is 13.9 Å². The van der Waals surface area contributed by atoms with Gasteiger partial charge < -0.3 is 15.0 Å². The summed E-state index contributed by atoms with van der Waals surface area (Å²) in [6.07, 6.45) is 1.26. The molecule has 0 aliphatic carbocycles. The number of carbonyl (C=O) groups excluding carboxylic acids is 2. The maximum Gasteiger partial charge on any atom is 0.244 e. The van der Waals surface area contributed by atoms with Gasteiger partial charge in [0.1, 0.15) is 18.3 Å². The van der Waals surface area contributed by atoms with Crippen LogP contribution < -0.4 is 14.4 Å². The average Bonchev–Trinajstić information content (AvgIpc) is 2.89. The maximum absolute atomic E-state index is 14.0. The second-order valence-corrected chi connectivity index (χ2v) is 12.8. The third-order valence-corrected chi connectivity index (χ3v) is 8.04. The van der Waals surface area contributed by atoms with Crippen molar-refractivity contribution in [2.45, 2.75) is 38.9 Å². The van der Waals surface area contributed by atoms with Crippen molar-refractivity contribution in [3.8, 4) is 5.75 Å². The van der Waals surface area contributed by atoms with Crippen LogP contribution in [0.25, 0.3) is 0 Å². The molecule has 1 atom stereocenters. The number of methoxy groups -OCH3 is 1. The zero-order valence-electron chi connectivity index (χ0n) is 22.8. The molecule has 214 valence electrons. The molecule has 0 aliphatic rings. The van der Waals surface area contributed by atoms with Gasteiger partial charge in [0.05, 0.1) is 24.1 Å². The second-order valence-electron chi connectivity index (χ2n) is 9.61. The monoisotopic (exact) mass is 649 g/mol. The molecule has 0 aliphatic heterocycles. The van der Waals surface area contributed by atoms with E-state index in [-0.39, 0.29) is 35.6 Å². The van der Waals surface area contributed by atoms with Gasteiger partial charge >= 0.3 is 0 Å². The quantitative estimate of drug-likeness (QED) is 0.296. The fourth-order valence-electron chi connectivity index (χ4n) is 4.15. The minimum atomic E-state index is -3.91. The molecule has 0 bridgehead atoms. The Morgan fingerprint density at radius 3 is 2.20 bits per heavy atom. The lowest BCUT2D eigenvalue weighted by atomic mass is 10.0. The average molecular weight is 651 g/mol. The number of carbonyl (C=O) groups is 2. The molecule has 8 nitrogen and oxygen atoms in total. The smallest absolute Gasteiger partial charge is 0.244 e. The molecule has 3 aromatic rings. The van der Waals surface area contributed by atoms with Crippen molar-refractivity contribution in [3.63, 3.8) is 0 Å². The summed E-state index contributed by atoms with van der Waals surface area (Å²) in [5.74, 6) is -0.502. The van der Waals surface area contributed by atoms with E-state index in [1.165, 1.54) is 30.2 Å². The van der Waals surface area contributed by atoms with Crippen LogP contribution in [0, 0.1) is 0 Å². The summed E-state index contributed by atoms with van der Waals surface area (Å²) in [7, 11) is -2.45. The molecule has 2 amide bonds. The van der Waals surface area contributed by atoms with Crippen molar-refractivity contribution in [3.05, 3.63) is 93.4 Å². The van der Waals surface area contributed by atoms with Crippen LogP contribution >= 0.6 is 27.5 Å². The van der Waals surface area contributed by atoms with Crippen LogP contribution in [0.2, 0.25) is 5.02 Å². The van der Waals surface area contributed by atoms with Crippen LogP contribution in [-0.2, 0) is 32.6 Å².